The summed E-state index contributed by atoms with van der Waals surface area (Å²) in [6.45, 7) is 7.36. The summed E-state index contributed by atoms with van der Waals surface area (Å²) >= 11 is 0. The van der Waals surface area contributed by atoms with Crippen LogP contribution < -0.4 is 9.64 Å². The summed E-state index contributed by atoms with van der Waals surface area (Å²) in [7, 11) is 3.83. The molecule has 1 fully saturated rings. The highest BCUT2D eigenvalue weighted by molar-refractivity contribution is 6.50. The predicted octanol–water partition coefficient (Wildman–Crippen LogP) is 3.54. The Bertz CT molecular complexity index is 1250. The van der Waals surface area contributed by atoms with Gasteiger partial charge in [0.15, 0.2) is 5.54 Å². The quantitative estimate of drug-likeness (QED) is 0.231. The van der Waals surface area contributed by atoms with Gasteiger partial charge in [-0.3, -0.25) is 14.4 Å². The highest BCUT2D eigenvalue weighted by atomic mass is 16.5. The van der Waals surface area contributed by atoms with Gasteiger partial charge in [0.2, 0.25) is 0 Å². The number of hydrogen-bond acceptors (Lipinski definition) is 6. The maximum absolute atomic E-state index is 14.2. The molecule has 1 spiro atoms. The van der Waals surface area contributed by atoms with Gasteiger partial charge in [0.1, 0.15) is 11.5 Å². The SMILES string of the molecule is C=CCN1C(=O)[C@@]2(/C(=C(\O)c3ccc(OCCC)cc3)C(=O)C(=O)N2CCCN(C)C)c2ccccc21. The molecular formula is C29H33N3O5. The Kier molecular flexibility index (Phi) is 7.50. The molecule has 0 saturated carbocycles. The van der Waals surface area contributed by atoms with E-state index < -0.39 is 23.1 Å². The Morgan fingerprint density at radius 2 is 1.81 bits per heavy atom. The fraction of sp³-hybridized carbons (Fsp3) is 0.345. The maximum atomic E-state index is 14.2. The fourth-order valence-corrected chi connectivity index (χ4v) is 5.10. The Labute approximate surface area is 217 Å². The molecule has 0 aliphatic carbocycles. The molecule has 0 aromatic heterocycles. The van der Waals surface area contributed by atoms with Crippen LogP contribution in [0.4, 0.5) is 5.69 Å². The maximum Gasteiger partial charge on any atom is 0.296 e. The number of ether oxygens (including phenoxy) is 1. The first-order valence-corrected chi connectivity index (χ1v) is 12.5. The Hall–Kier alpha value is -3.91. The molecule has 194 valence electrons. The minimum Gasteiger partial charge on any atom is -0.507 e. The normalized spacial score (nSPS) is 20.3. The van der Waals surface area contributed by atoms with Crippen LogP contribution in [0.25, 0.3) is 5.76 Å². The van der Waals surface area contributed by atoms with Crippen molar-refractivity contribution in [3.05, 3.63) is 77.9 Å². The van der Waals surface area contributed by atoms with Gasteiger partial charge in [-0.25, -0.2) is 0 Å². The number of fused-ring (bicyclic) bond motifs is 2. The van der Waals surface area contributed by atoms with Gasteiger partial charge in [0.25, 0.3) is 17.6 Å². The number of aliphatic hydroxyl groups is 1. The number of likely N-dealkylation sites (tertiary alicyclic amines) is 1. The Morgan fingerprint density at radius 1 is 1.11 bits per heavy atom. The van der Waals surface area contributed by atoms with Crippen LogP contribution in [0.1, 0.15) is 30.9 Å². The highest BCUT2D eigenvalue weighted by Gasteiger charge is 2.66. The van der Waals surface area contributed by atoms with Gasteiger partial charge in [-0.15, -0.1) is 6.58 Å². The number of Topliss-reactive ketones (excluding diaryl/α,β-unsaturated/α-hetero) is 1. The third-order valence-corrected chi connectivity index (χ3v) is 6.71. The lowest BCUT2D eigenvalue weighted by Gasteiger charge is -2.34. The molecule has 2 aromatic carbocycles. The molecule has 1 atom stereocenters. The number of aliphatic hydroxyl groups excluding tert-OH is 1. The van der Waals surface area contributed by atoms with E-state index in [9.17, 15) is 19.5 Å². The molecule has 1 saturated heterocycles. The predicted molar refractivity (Wildman–Crippen MR) is 142 cm³/mol. The van der Waals surface area contributed by atoms with E-state index in [2.05, 4.69) is 6.58 Å². The summed E-state index contributed by atoms with van der Waals surface area (Å²) in [5.74, 6) is -1.90. The van der Waals surface area contributed by atoms with Gasteiger partial charge in [-0.2, -0.15) is 0 Å². The van der Waals surface area contributed by atoms with E-state index in [-0.39, 0.29) is 24.4 Å². The zero-order valence-corrected chi connectivity index (χ0v) is 21.6. The van der Waals surface area contributed by atoms with Crippen molar-refractivity contribution >= 4 is 29.0 Å². The number of benzene rings is 2. The van der Waals surface area contributed by atoms with Crippen LogP contribution in [-0.2, 0) is 19.9 Å². The first-order valence-electron chi connectivity index (χ1n) is 12.5. The topological polar surface area (TPSA) is 90.4 Å². The Balaban J connectivity index is 1.92. The van der Waals surface area contributed by atoms with Crippen LogP contribution in [0.5, 0.6) is 5.75 Å². The fourth-order valence-electron chi connectivity index (χ4n) is 5.10. The van der Waals surface area contributed by atoms with Crippen molar-refractivity contribution in [3.63, 3.8) is 0 Å². The van der Waals surface area contributed by atoms with Crippen LogP contribution >= 0.6 is 0 Å². The molecule has 2 aliphatic rings. The molecule has 2 aliphatic heterocycles. The second-order valence-corrected chi connectivity index (χ2v) is 9.47. The average molecular weight is 504 g/mol. The third-order valence-electron chi connectivity index (χ3n) is 6.71. The minimum absolute atomic E-state index is 0.172. The summed E-state index contributed by atoms with van der Waals surface area (Å²) in [6, 6.07) is 13.7. The molecule has 0 bridgehead atoms. The molecule has 37 heavy (non-hydrogen) atoms. The number of nitrogens with zero attached hydrogens (tertiary/aromatic N) is 3. The van der Waals surface area contributed by atoms with Crippen molar-refractivity contribution in [1.82, 2.24) is 9.80 Å². The average Bonchev–Trinajstić information content (AvgIpc) is 3.26. The summed E-state index contributed by atoms with van der Waals surface area (Å²) in [6.07, 6.45) is 2.99. The number of rotatable bonds is 10. The zero-order chi connectivity index (χ0) is 26.7. The first-order chi connectivity index (χ1) is 17.8. The molecule has 4 rings (SSSR count). The zero-order valence-electron chi connectivity index (χ0n) is 21.6. The van der Waals surface area contributed by atoms with Crippen molar-refractivity contribution in [2.24, 2.45) is 0 Å². The molecule has 2 aromatic rings. The monoisotopic (exact) mass is 503 g/mol. The summed E-state index contributed by atoms with van der Waals surface area (Å²) < 4.78 is 5.63. The molecule has 2 amide bonds. The Morgan fingerprint density at radius 3 is 2.46 bits per heavy atom. The first kappa shape index (κ1) is 26.2. The van der Waals surface area contributed by atoms with E-state index in [1.165, 1.54) is 9.80 Å². The van der Waals surface area contributed by atoms with Crippen molar-refractivity contribution in [3.8, 4) is 5.75 Å². The van der Waals surface area contributed by atoms with Crippen molar-refractivity contribution in [2.75, 3.05) is 45.2 Å². The van der Waals surface area contributed by atoms with Crippen molar-refractivity contribution in [1.29, 1.82) is 0 Å². The molecule has 2 heterocycles. The smallest absolute Gasteiger partial charge is 0.296 e. The third kappa shape index (κ3) is 4.31. The highest BCUT2D eigenvalue weighted by Crippen LogP contribution is 2.53. The number of para-hydroxylation sites is 1. The lowest BCUT2D eigenvalue weighted by molar-refractivity contribution is -0.143. The van der Waals surface area contributed by atoms with Gasteiger partial charge in [-0.05, 0) is 63.8 Å². The van der Waals surface area contributed by atoms with E-state index in [1.54, 1.807) is 54.6 Å². The number of carbonyl (C=O) groups excluding carboxylic acids is 3. The van der Waals surface area contributed by atoms with Crippen LogP contribution in [-0.4, -0.2) is 72.8 Å². The second kappa shape index (κ2) is 10.6. The number of ketones is 1. The molecule has 8 heteroatoms. The molecule has 0 radical (unpaired) electrons. The minimum atomic E-state index is -1.76. The molecular weight excluding hydrogens is 470 g/mol. The largest absolute Gasteiger partial charge is 0.507 e. The van der Waals surface area contributed by atoms with E-state index >= 15 is 0 Å². The van der Waals surface area contributed by atoms with E-state index in [4.69, 9.17) is 4.74 Å². The van der Waals surface area contributed by atoms with Crippen LogP contribution in [0.2, 0.25) is 0 Å². The van der Waals surface area contributed by atoms with Crippen LogP contribution in [0.3, 0.4) is 0 Å². The lowest BCUT2D eigenvalue weighted by Crippen LogP contribution is -2.52. The molecule has 0 unspecified atom stereocenters. The van der Waals surface area contributed by atoms with E-state index in [1.807, 2.05) is 25.9 Å². The van der Waals surface area contributed by atoms with Crippen LogP contribution in [0, 0.1) is 0 Å². The van der Waals surface area contributed by atoms with Gasteiger partial charge in [0, 0.05) is 24.2 Å². The number of anilines is 1. The number of amides is 2. The lowest BCUT2D eigenvalue weighted by atomic mass is 9.82. The van der Waals surface area contributed by atoms with Gasteiger partial charge < -0.3 is 24.5 Å². The molecule has 8 nitrogen and oxygen atoms in total. The summed E-state index contributed by atoms with van der Waals surface area (Å²) in [4.78, 5) is 46.1. The second-order valence-electron chi connectivity index (χ2n) is 9.47. The summed E-state index contributed by atoms with van der Waals surface area (Å²) in [5, 5.41) is 11.5. The van der Waals surface area contributed by atoms with Gasteiger partial charge >= 0.3 is 0 Å². The number of hydrogen-bond donors (Lipinski definition) is 1. The van der Waals surface area contributed by atoms with E-state index in [0.29, 0.717) is 42.1 Å². The van der Waals surface area contributed by atoms with Crippen LogP contribution in [0.15, 0.2) is 66.8 Å². The van der Waals surface area contributed by atoms with Crippen molar-refractivity contribution < 1.29 is 24.2 Å². The van der Waals surface area contributed by atoms with Crippen molar-refractivity contribution in [2.45, 2.75) is 25.3 Å². The summed E-state index contributed by atoms with van der Waals surface area (Å²) in [5.41, 5.74) is -0.575. The van der Waals surface area contributed by atoms with Gasteiger partial charge in [0.05, 0.1) is 17.9 Å². The standard InChI is InChI=1S/C29H33N3O5/c1-5-16-31-23-11-8-7-10-22(23)29(28(31)36)24(26(34)27(35)32(29)18-9-17-30(3)4)25(33)20-12-14-21(15-13-20)37-19-6-2/h5,7-8,10-15,33H,1,6,9,16-19H2,2-4H3/b25-24-/t29-/m0/s1. The number of carbonyl (C=O) groups is 3. The molecule has 1 N–H and O–H groups in total. The van der Waals surface area contributed by atoms with Gasteiger partial charge in [-0.1, -0.05) is 31.2 Å². The van der Waals surface area contributed by atoms with E-state index in [0.717, 1.165) is 6.42 Å².